The average molecular weight is 376 g/mol. The predicted molar refractivity (Wildman–Crippen MR) is 90.8 cm³/mol. The number of likely N-dealkylation sites (tertiary alicyclic amines) is 1. The molecule has 0 saturated carbocycles. The summed E-state index contributed by atoms with van der Waals surface area (Å²) in [5, 5.41) is 10.0. The first-order valence-electron chi connectivity index (χ1n) is 8.45. The summed E-state index contributed by atoms with van der Waals surface area (Å²) in [6.45, 7) is 4.90. The van der Waals surface area contributed by atoms with Crippen LogP contribution in [0.25, 0.3) is 0 Å². The van der Waals surface area contributed by atoms with Gasteiger partial charge in [0.05, 0.1) is 17.7 Å². The van der Waals surface area contributed by atoms with E-state index < -0.39 is 41.6 Å². The molecule has 3 rings (SSSR count). The molecule has 9 nitrogen and oxygen atoms in total. The molecule has 1 fully saturated rings. The fourth-order valence-corrected chi connectivity index (χ4v) is 3.04. The number of carboxylic acids is 1. The maximum Gasteiger partial charge on any atom is 0.411 e. The van der Waals surface area contributed by atoms with Crippen molar-refractivity contribution in [1.82, 2.24) is 9.96 Å². The van der Waals surface area contributed by atoms with Crippen molar-refractivity contribution in [3.8, 4) is 0 Å². The molecule has 2 atom stereocenters. The van der Waals surface area contributed by atoms with Gasteiger partial charge < -0.3 is 9.84 Å². The number of fused-ring (bicyclic) bond motifs is 1. The summed E-state index contributed by atoms with van der Waals surface area (Å²) in [5.74, 6) is -2.44. The number of benzene rings is 1. The predicted octanol–water partition coefficient (Wildman–Crippen LogP) is 1.68. The average Bonchev–Trinajstić information content (AvgIpc) is 3.10. The van der Waals surface area contributed by atoms with Gasteiger partial charge in [0.15, 0.2) is 0 Å². The number of aliphatic carboxylic acids is 1. The van der Waals surface area contributed by atoms with Crippen molar-refractivity contribution < 1.29 is 33.9 Å². The Morgan fingerprint density at radius 2 is 1.67 bits per heavy atom. The summed E-state index contributed by atoms with van der Waals surface area (Å²) < 4.78 is 5.23. The number of carbonyl (C=O) groups excluding carboxylic acids is 3. The van der Waals surface area contributed by atoms with E-state index in [1.54, 1.807) is 32.9 Å². The maximum absolute atomic E-state index is 12.4. The van der Waals surface area contributed by atoms with E-state index in [1.165, 1.54) is 12.1 Å². The van der Waals surface area contributed by atoms with Gasteiger partial charge in [-0.25, -0.2) is 9.59 Å². The monoisotopic (exact) mass is 376 g/mol. The van der Waals surface area contributed by atoms with Crippen molar-refractivity contribution in [3.05, 3.63) is 35.4 Å². The van der Waals surface area contributed by atoms with Crippen LogP contribution in [0, 0.1) is 0 Å². The quantitative estimate of drug-likeness (QED) is 0.798. The highest BCUT2D eigenvalue weighted by Crippen LogP contribution is 2.28. The molecule has 1 N–H and O–H groups in total. The molecule has 0 bridgehead atoms. The van der Waals surface area contributed by atoms with Gasteiger partial charge in [0.25, 0.3) is 11.8 Å². The fourth-order valence-electron chi connectivity index (χ4n) is 3.04. The topological polar surface area (TPSA) is 113 Å². The van der Waals surface area contributed by atoms with Crippen LogP contribution in [0.4, 0.5) is 4.79 Å². The van der Waals surface area contributed by atoms with Crippen molar-refractivity contribution in [1.29, 1.82) is 0 Å². The highest BCUT2D eigenvalue weighted by molar-refractivity contribution is 6.20. The second-order valence-electron chi connectivity index (χ2n) is 7.40. The first kappa shape index (κ1) is 18.8. The van der Waals surface area contributed by atoms with Crippen LogP contribution in [0.2, 0.25) is 0 Å². The van der Waals surface area contributed by atoms with Crippen LogP contribution < -0.4 is 0 Å². The molecule has 2 aliphatic heterocycles. The number of hydroxylamine groups is 2. The molecule has 0 aromatic heterocycles. The number of ether oxygens (including phenoxy) is 1. The smallest absolute Gasteiger partial charge is 0.411 e. The normalized spacial score (nSPS) is 22.2. The summed E-state index contributed by atoms with van der Waals surface area (Å²) in [7, 11) is 0. The van der Waals surface area contributed by atoms with E-state index in [9.17, 15) is 24.3 Å². The number of rotatable bonds is 3. The molecule has 144 valence electrons. The summed E-state index contributed by atoms with van der Waals surface area (Å²) in [6, 6.07) is 5.13. The van der Waals surface area contributed by atoms with Crippen molar-refractivity contribution in [2.75, 3.05) is 6.54 Å². The van der Waals surface area contributed by atoms with E-state index in [0.29, 0.717) is 5.06 Å². The standard InChI is InChI=1S/C18H20N2O7/c1-18(2,3)26-17(25)19-9-10(8-13(19)16(23)24)27-20-14(21)11-6-4-5-7-12(11)15(20)22/h4-7,10,13H,8-9H2,1-3H3,(H,23,24)/t10-,13+/m0/s1. The van der Waals surface area contributed by atoms with Crippen molar-refractivity contribution in [2.24, 2.45) is 0 Å². The molecule has 1 aromatic rings. The second kappa shape index (κ2) is 6.66. The van der Waals surface area contributed by atoms with E-state index in [2.05, 4.69) is 0 Å². The molecule has 27 heavy (non-hydrogen) atoms. The van der Waals surface area contributed by atoms with Crippen molar-refractivity contribution in [2.45, 2.75) is 44.9 Å². The number of amides is 3. The molecular formula is C18H20N2O7. The Bertz CT molecular complexity index is 779. The zero-order chi connectivity index (χ0) is 19.9. The first-order chi connectivity index (χ1) is 12.6. The maximum atomic E-state index is 12.4. The molecule has 0 spiro atoms. The number of hydrogen-bond donors (Lipinski definition) is 1. The second-order valence-corrected chi connectivity index (χ2v) is 7.40. The Labute approximate surface area is 155 Å². The van der Waals surface area contributed by atoms with E-state index in [1.807, 2.05) is 0 Å². The third kappa shape index (κ3) is 3.63. The lowest BCUT2D eigenvalue weighted by atomic mass is 10.1. The number of nitrogens with zero attached hydrogens (tertiary/aromatic N) is 2. The largest absolute Gasteiger partial charge is 0.480 e. The summed E-state index contributed by atoms with van der Waals surface area (Å²) in [4.78, 5) is 55.1. The van der Waals surface area contributed by atoms with Gasteiger partial charge in [-0.05, 0) is 32.9 Å². The zero-order valence-corrected chi connectivity index (χ0v) is 15.2. The highest BCUT2D eigenvalue weighted by atomic mass is 16.7. The van der Waals surface area contributed by atoms with Gasteiger partial charge >= 0.3 is 12.1 Å². The van der Waals surface area contributed by atoms with E-state index in [-0.39, 0.29) is 24.1 Å². The summed E-state index contributed by atoms with van der Waals surface area (Å²) in [5.41, 5.74) is -0.347. The third-order valence-electron chi connectivity index (χ3n) is 4.19. The Morgan fingerprint density at radius 1 is 1.11 bits per heavy atom. The Kier molecular flexibility index (Phi) is 4.64. The molecule has 2 heterocycles. The van der Waals surface area contributed by atoms with Gasteiger partial charge in [-0.2, -0.15) is 0 Å². The number of imide groups is 1. The SMILES string of the molecule is CC(C)(C)OC(=O)N1C[C@@H](ON2C(=O)c3ccccc3C2=O)C[C@@H]1C(=O)O. The van der Waals surface area contributed by atoms with Crippen LogP contribution in [-0.4, -0.2) is 63.2 Å². The molecule has 0 aliphatic carbocycles. The fraction of sp³-hybridized carbons (Fsp3) is 0.444. The minimum absolute atomic E-state index is 0.0675. The lowest BCUT2D eigenvalue weighted by Crippen LogP contribution is -2.43. The molecule has 9 heteroatoms. The van der Waals surface area contributed by atoms with E-state index in [4.69, 9.17) is 9.57 Å². The molecule has 2 aliphatic rings. The summed E-state index contributed by atoms with van der Waals surface area (Å²) in [6.07, 6.45) is -1.69. The van der Waals surface area contributed by atoms with Gasteiger partial charge in [-0.15, -0.1) is 5.06 Å². The van der Waals surface area contributed by atoms with E-state index >= 15 is 0 Å². The molecule has 0 radical (unpaired) electrons. The van der Waals surface area contributed by atoms with Crippen LogP contribution in [0.5, 0.6) is 0 Å². The van der Waals surface area contributed by atoms with Gasteiger partial charge in [0, 0.05) is 6.42 Å². The number of carbonyl (C=O) groups is 4. The van der Waals surface area contributed by atoms with Gasteiger partial charge in [-0.1, -0.05) is 12.1 Å². The van der Waals surface area contributed by atoms with Crippen LogP contribution in [0.1, 0.15) is 47.9 Å². The minimum Gasteiger partial charge on any atom is -0.480 e. The van der Waals surface area contributed by atoms with Gasteiger partial charge in [0.1, 0.15) is 17.7 Å². The minimum atomic E-state index is -1.21. The van der Waals surface area contributed by atoms with Gasteiger partial charge in [-0.3, -0.25) is 19.3 Å². The van der Waals surface area contributed by atoms with Crippen molar-refractivity contribution >= 4 is 23.9 Å². The molecule has 0 unspecified atom stereocenters. The Morgan fingerprint density at radius 3 is 2.15 bits per heavy atom. The van der Waals surface area contributed by atoms with E-state index in [0.717, 1.165) is 4.90 Å². The lowest BCUT2D eigenvalue weighted by molar-refractivity contribution is -0.142. The number of hydrogen-bond acceptors (Lipinski definition) is 6. The highest BCUT2D eigenvalue weighted by Gasteiger charge is 2.45. The Hall–Kier alpha value is -2.94. The van der Waals surface area contributed by atoms with Crippen molar-refractivity contribution in [3.63, 3.8) is 0 Å². The summed E-state index contributed by atoms with van der Waals surface area (Å²) >= 11 is 0. The number of carboxylic acid groups (broad SMARTS) is 1. The Balaban J connectivity index is 1.74. The van der Waals surface area contributed by atoms with Crippen LogP contribution in [0.15, 0.2) is 24.3 Å². The van der Waals surface area contributed by atoms with Crippen LogP contribution in [0.3, 0.4) is 0 Å². The van der Waals surface area contributed by atoms with Crippen LogP contribution >= 0.6 is 0 Å². The molecule has 3 amide bonds. The molecule has 1 saturated heterocycles. The van der Waals surface area contributed by atoms with Crippen LogP contribution in [-0.2, 0) is 14.4 Å². The third-order valence-corrected chi connectivity index (χ3v) is 4.19. The van der Waals surface area contributed by atoms with Gasteiger partial charge in [0.2, 0.25) is 0 Å². The lowest BCUT2D eigenvalue weighted by Gasteiger charge is -2.26. The zero-order valence-electron chi connectivity index (χ0n) is 15.2. The molecular weight excluding hydrogens is 356 g/mol. The molecule has 1 aromatic carbocycles. The first-order valence-corrected chi connectivity index (χ1v) is 8.45.